The maximum atomic E-state index is 11.3. The summed E-state index contributed by atoms with van der Waals surface area (Å²) in [5.74, 6) is 0.568. The molecular formula is C10H19NO3. The zero-order chi connectivity index (χ0) is 10.4. The fraction of sp³-hybridized carbons (Fsp3) is 0.900. The van der Waals surface area contributed by atoms with E-state index >= 15 is 0 Å². The highest BCUT2D eigenvalue weighted by atomic mass is 16.6. The summed E-state index contributed by atoms with van der Waals surface area (Å²) < 4.78 is 10.2. The minimum absolute atomic E-state index is 0.223. The topological polar surface area (TPSA) is 38.8 Å². The number of carbonyl (C=O) groups is 1. The van der Waals surface area contributed by atoms with Gasteiger partial charge in [-0.05, 0) is 25.7 Å². The minimum atomic E-state index is -0.223. The Hall–Kier alpha value is -0.770. The highest BCUT2D eigenvalue weighted by Gasteiger charge is 2.18. The van der Waals surface area contributed by atoms with Gasteiger partial charge in [0.1, 0.15) is 0 Å². The standard InChI is InChI=1S/C10H19NO3/c1-3-14-10(12)11(2)8-9-4-6-13-7-5-9/h9H,3-8H2,1-2H3. The van der Waals surface area contributed by atoms with Gasteiger partial charge >= 0.3 is 6.09 Å². The van der Waals surface area contributed by atoms with Gasteiger partial charge in [-0.15, -0.1) is 0 Å². The van der Waals surface area contributed by atoms with Gasteiger partial charge in [0.2, 0.25) is 0 Å². The summed E-state index contributed by atoms with van der Waals surface area (Å²) in [6, 6.07) is 0. The van der Waals surface area contributed by atoms with E-state index in [9.17, 15) is 4.79 Å². The lowest BCUT2D eigenvalue weighted by Gasteiger charge is -2.26. The van der Waals surface area contributed by atoms with E-state index in [1.807, 2.05) is 6.92 Å². The SMILES string of the molecule is CCOC(=O)N(C)CC1CCOCC1. The number of hydrogen-bond donors (Lipinski definition) is 0. The third-order valence-corrected chi connectivity index (χ3v) is 2.45. The molecule has 1 amide bonds. The van der Waals surface area contributed by atoms with E-state index in [1.165, 1.54) is 0 Å². The average Bonchev–Trinajstić information content (AvgIpc) is 2.19. The minimum Gasteiger partial charge on any atom is -0.450 e. The number of nitrogens with zero attached hydrogens (tertiary/aromatic N) is 1. The maximum absolute atomic E-state index is 11.3. The van der Waals surface area contributed by atoms with Crippen molar-refractivity contribution in [2.45, 2.75) is 19.8 Å². The molecule has 0 spiro atoms. The Morgan fingerprint density at radius 1 is 1.50 bits per heavy atom. The summed E-state index contributed by atoms with van der Waals surface area (Å²) in [6.07, 6.45) is 1.87. The normalized spacial score (nSPS) is 17.9. The smallest absolute Gasteiger partial charge is 0.409 e. The molecule has 14 heavy (non-hydrogen) atoms. The van der Waals surface area contributed by atoms with E-state index in [2.05, 4.69) is 0 Å². The second-order valence-electron chi connectivity index (χ2n) is 3.64. The number of hydrogen-bond acceptors (Lipinski definition) is 3. The predicted molar refractivity (Wildman–Crippen MR) is 53.2 cm³/mol. The highest BCUT2D eigenvalue weighted by Crippen LogP contribution is 2.15. The van der Waals surface area contributed by atoms with Crippen LogP contribution in [0.3, 0.4) is 0 Å². The Bertz CT molecular complexity index is 178. The van der Waals surface area contributed by atoms with Crippen molar-refractivity contribution in [3.63, 3.8) is 0 Å². The molecule has 82 valence electrons. The maximum Gasteiger partial charge on any atom is 0.409 e. The van der Waals surface area contributed by atoms with Crippen molar-refractivity contribution in [2.75, 3.05) is 33.4 Å². The van der Waals surface area contributed by atoms with Crippen LogP contribution in [0.5, 0.6) is 0 Å². The summed E-state index contributed by atoms with van der Waals surface area (Å²) in [4.78, 5) is 12.9. The molecule has 0 aromatic rings. The second-order valence-corrected chi connectivity index (χ2v) is 3.64. The molecule has 1 fully saturated rings. The lowest BCUT2D eigenvalue weighted by Crippen LogP contribution is -2.34. The molecule has 1 rings (SSSR count). The van der Waals surface area contributed by atoms with Crippen LogP contribution in [0, 0.1) is 5.92 Å². The molecule has 0 saturated carbocycles. The molecule has 0 N–H and O–H groups in total. The van der Waals surface area contributed by atoms with E-state index in [0.29, 0.717) is 12.5 Å². The van der Waals surface area contributed by atoms with Crippen LogP contribution in [0.15, 0.2) is 0 Å². The molecule has 0 bridgehead atoms. The van der Waals surface area contributed by atoms with Gasteiger partial charge in [-0.1, -0.05) is 0 Å². The molecule has 0 radical (unpaired) electrons. The first-order valence-electron chi connectivity index (χ1n) is 5.19. The molecule has 0 aliphatic carbocycles. The molecular weight excluding hydrogens is 182 g/mol. The molecule has 0 aromatic carbocycles. The van der Waals surface area contributed by atoms with E-state index in [1.54, 1.807) is 11.9 Å². The van der Waals surface area contributed by atoms with E-state index < -0.39 is 0 Å². The molecule has 0 aromatic heterocycles. The third-order valence-electron chi connectivity index (χ3n) is 2.45. The van der Waals surface area contributed by atoms with Crippen LogP contribution in [0.1, 0.15) is 19.8 Å². The van der Waals surface area contributed by atoms with Gasteiger partial charge in [0.05, 0.1) is 6.61 Å². The first-order valence-corrected chi connectivity index (χ1v) is 5.19. The fourth-order valence-electron chi connectivity index (χ4n) is 1.62. The van der Waals surface area contributed by atoms with Gasteiger partial charge in [0, 0.05) is 26.8 Å². The Morgan fingerprint density at radius 2 is 2.14 bits per heavy atom. The third kappa shape index (κ3) is 3.54. The predicted octanol–water partition coefficient (Wildman–Crippen LogP) is 1.50. The molecule has 1 aliphatic rings. The van der Waals surface area contributed by atoms with Crippen LogP contribution in [-0.2, 0) is 9.47 Å². The molecule has 1 heterocycles. The number of amides is 1. The van der Waals surface area contributed by atoms with Crippen LogP contribution in [0.2, 0.25) is 0 Å². The monoisotopic (exact) mass is 201 g/mol. The number of ether oxygens (including phenoxy) is 2. The lowest BCUT2D eigenvalue weighted by molar-refractivity contribution is 0.0514. The highest BCUT2D eigenvalue weighted by molar-refractivity contribution is 5.67. The van der Waals surface area contributed by atoms with E-state index in [0.717, 1.165) is 32.6 Å². The molecule has 0 atom stereocenters. The molecule has 4 heteroatoms. The molecule has 1 aliphatic heterocycles. The second kappa shape index (κ2) is 5.86. The van der Waals surface area contributed by atoms with Crippen molar-refractivity contribution in [1.29, 1.82) is 0 Å². The largest absolute Gasteiger partial charge is 0.450 e. The van der Waals surface area contributed by atoms with Crippen molar-refractivity contribution < 1.29 is 14.3 Å². The van der Waals surface area contributed by atoms with Crippen molar-refractivity contribution in [3.05, 3.63) is 0 Å². The Morgan fingerprint density at radius 3 is 2.71 bits per heavy atom. The van der Waals surface area contributed by atoms with Crippen molar-refractivity contribution in [3.8, 4) is 0 Å². The molecule has 0 unspecified atom stereocenters. The molecule has 4 nitrogen and oxygen atoms in total. The fourth-order valence-corrected chi connectivity index (χ4v) is 1.62. The van der Waals surface area contributed by atoms with Crippen LogP contribution >= 0.6 is 0 Å². The van der Waals surface area contributed by atoms with Crippen LogP contribution in [0.4, 0.5) is 4.79 Å². The van der Waals surface area contributed by atoms with Crippen molar-refractivity contribution in [1.82, 2.24) is 4.90 Å². The summed E-state index contributed by atoms with van der Waals surface area (Å²) in [5.41, 5.74) is 0. The number of carbonyl (C=O) groups excluding carboxylic acids is 1. The summed E-state index contributed by atoms with van der Waals surface area (Å²) in [6.45, 7) is 4.68. The van der Waals surface area contributed by atoms with Gasteiger partial charge in [-0.2, -0.15) is 0 Å². The summed E-state index contributed by atoms with van der Waals surface area (Å²) >= 11 is 0. The van der Waals surface area contributed by atoms with E-state index in [-0.39, 0.29) is 6.09 Å². The van der Waals surface area contributed by atoms with E-state index in [4.69, 9.17) is 9.47 Å². The first kappa shape index (κ1) is 11.3. The van der Waals surface area contributed by atoms with Crippen LogP contribution < -0.4 is 0 Å². The quantitative estimate of drug-likeness (QED) is 0.694. The zero-order valence-electron chi connectivity index (χ0n) is 8.99. The Labute approximate surface area is 85.2 Å². The Balaban J connectivity index is 2.24. The van der Waals surface area contributed by atoms with Gasteiger partial charge in [0.25, 0.3) is 0 Å². The number of rotatable bonds is 3. The van der Waals surface area contributed by atoms with Gasteiger partial charge in [0.15, 0.2) is 0 Å². The van der Waals surface area contributed by atoms with Gasteiger partial charge in [-0.25, -0.2) is 4.79 Å². The molecule has 1 saturated heterocycles. The Kier molecular flexibility index (Phi) is 4.73. The van der Waals surface area contributed by atoms with Gasteiger partial charge < -0.3 is 14.4 Å². The van der Waals surface area contributed by atoms with Gasteiger partial charge in [-0.3, -0.25) is 0 Å². The van der Waals surface area contributed by atoms with Crippen LogP contribution in [0.25, 0.3) is 0 Å². The first-order chi connectivity index (χ1) is 6.74. The average molecular weight is 201 g/mol. The lowest BCUT2D eigenvalue weighted by atomic mass is 10.0. The summed E-state index contributed by atoms with van der Waals surface area (Å²) in [7, 11) is 1.79. The van der Waals surface area contributed by atoms with Crippen LogP contribution in [-0.4, -0.2) is 44.4 Å². The van der Waals surface area contributed by atoms with Crippen molar-refractivity contribution in [2.24, 2.45) is 5.92 Å². The zero-order valence-corrected chi connectivity index (χ0v) is 8.99. The summed E-state index contributed by atoms with van der Waals surface area (Å²) in [5, 5.41) is 0. The van der Waals surface area contributed by atoms with Crippen molar-refractivity contribution >= 4 is 6.09 Å².